The number of ether oxygens (including phenoxy) is 1. The molecule has 3 rings (SSSR count). The topological polar surface area (TPSA) is 58.6 Å². The number of aryl methyl sites for hydroxylation is 1. The summed E-state index contributed by atoms with van der Waals surface area (Å²) in [6.45, 7) is 2.61. The Morgan fingerprint density at radius 1 is 1.24 bits per heavy atom. The highest BCUT2D eigenvalue weighted by molar-refractivity contribution is 9.10. The number of anilines is 2. The smallest absolute Gasteiger partial charge is 0.262 e. The molecule has 0 atom stereocenters. The highest BCUT2D eigenvalue weighted by atomic mass is 79.9. The Labute approximate surface area is 155 Å². The van der Waals surface area contributed by atoms with Crippen molar-refractivity contribution in [1.29, 1.82) is 0 Å². The third-order valence-electron chi connectivity index (χ3n) is 4.07. The van der Waals surface area contributed by atoms with E-state index in [1.54, 1.807) is 17.0 Å². The lowest BCUT2D eigenvalue weighted by atomic mass is 10.2. The van der Waals surface area contributed by atoms with Crippen LogP contribution in [0.1, 0.15) is 18.4 Å². The summed E-state index contributed by atoms with van der Waals surface area (Å²) in [7, 11) is 0. The molecule has 0 aliphatic carbocycles. The molecule has 2 aromatic rings. The number of hydrogen-bond donors (Lipinski definition) is 1. The minimum absolute atomic E-state index is 0.0755. The molecule has 1 heterocycles. The summed E-state index contributed by atoms with van der Waals surface area (Å²) in [6.07, 6.45) is 1.50. The molecule has 0 aromatic heterocycles. The summed E-state index contributed by atoms with van der Waals surface area (Å²) in [5.41, 5.74) is 2.60. The van der Waals surface area contributed by atoms with Gasteiger partial charge in [-0.25, -0.2) is 0 Å². The van der Waals surface area contributed by atoms with E-state index in [0.717, 1.165) is 34.4 Å². The maximum absolute atomic E-state index is 12.1. The van der Waals surface area contributed by atoms with Crippen LogP contribution >= 0.6 is 15.9 Å². The first-order chi connectivity index (χ1) is 12.0. The first-order valence-corrected chi connectivity index (χ1v) is 8.91. The van der Waals surface area contributed by atoms with Crippen molar-refractivity contribution in [3.63, 3.8) is 0 Å². The van der Waals surface area contributed by atoms with Crippen molar-refractivity contribution in [3.8, 4) is 5.75 Å². The Bertz CT molecular complexity index is 790. The maximum Gasteiger partial charge on any atom is 0.262 e. The van der Waals surface area contributed by atoms with Crippen molar-refractivity contribution in [2.75, 3.05) is 23.4 Å². The zero-order chi connectivity index (χ0) is 17.8. The monoisotopic (exact) mass is 402 g/mol. The molecule has 0 saturated carbocycles. The van der Waals surface area contributed by atoms with Gasteiger partial charge in [-0.05, 0) is 55.3 Å². The lowest BCUT2D eigenvalue weighted by molar-refractivity contribution is -0.118. The van der Waals surface area contributed by atoms with E-state index in [-0.39, 0.29) is 18.4 Å². The molecule has 1 saturated heterocycles. The average molecular weight is 403 g/mol. The fourth-order valence-electron chi connectivity index (χ4n) is 2.71. The molecule has 2 amide bonds. The largest absolute Gasteiger partial charge is 0.484 e. The molecule has 1 aliphatic rings. The standard InChI is InChI=1S/C19H19BrN2O3/c1-13-4-5-14(20)11-17(13)21-18(23)12-25-16-8-6-15(7-9-16)22-10-2-3-19(22)24/h4-9,11H,2-3,10,12H2,1H3,(H,21,23). The van der Waals surface area contributed by atoms with E-state index in [4.69, 9.17) is 4.74 Å². The molecule has 0 bridgehead atoms. The molecule has 2 aromatic carbocycles. The number of carbonyl (C=O) groups is 2. The lowest BCUT2D eigenvalue weighted by Crippen LogP contribution is -2.23. The second kappa shape index (κ2) is 7.70. The normalized spacial score (nSPS) is 13.8. The molecular weight excluding hydrogens is 384 g/mol. The zero-order valence-corrected chi connectivity index (χ0v) is 15.5. The molecule has 0 radical (unpaired) electrons. The second-order valence-electron chi connectivity index (χ2n) is 5.94. The number of nitrogens with one attached hydrogen (secondary N) is 1. The third kappa shape index (κ3) is 4.39. The molecule has 130 valence electrons. The predicted octanol–water partition coefficient (Wildman–Crippen LogP) is 3.90. The van der Waals surface area contributed by atoms with E-state index in [1.807, 2.05) is 37.3 Å². The van der Waals surface area contributed by atoms with Gasteiger partial charge in [-0.1, -0.05) is 22.0 Å². The van der Waals surface area contributed by atoms with Gasteiger partial charge in [-0.15, -0.1) is 0 Å². The SMILES string of the molecule is Cc1ccc(Br)cc1NC(=O)COc1ccc(N2CCCC2=O)cc1. The number of amides is 2. The molecule has 0 unspecified atom stereocenters. The number of halogens is 1. The Morgan fingerprint density at radius 2 is 2.00 bits per heavy atom. The van der Waals surface area contributed by atoms with Gasteiger partial charge in [-0.2, -0.15) is 0 Å². The van der Waals surface area contributed by atoms with Gasteiger partial charge in [-0.3, -0.25) is 9.59 Å². The van der Waals surface area contributed by atoms with Crippen molar-refractivity contribution in [3.05, 3.63) is 52.5 Å². The highest BCUT2D eigenvalue weighted by Gasteiger charge is 2.21. The number of nitrogens with zero attached hydrogens (tertiary/aromatic N) is 1. The van der Waals surface area contributed by atoms with Gasteiger partial charge < -0.3 is 15.0 Å². The molecule has 6 heteroatoms. The van der Waals surface area contributed by atoms with Crippen LogP contribution < -0.4 is 15.0 Å². The Morgan fingerprint density at radius 3 is 2.68 bits per heavy atom. The third-order valence-corrected chi connectivity index (χ3v) is 4.56. The summed E-state index contributed by atoms with van der Waals surface area (Å²) in [6, 6.07) is 12.9. The van der Waals surface area contributed by atoms with Crippen molar-refractivity contribution in [2.24, 2.45) is 0 Å². The van der Waals surface area contributed by atoms with E-state index in [0.29, 0.717) is 12.2 Å². The number of hydrogen-bond acceptors (Lipinski definition) is 3. The Balaban J connectivity index is 1.55. The summed E-state index contributed by atoms with van der Waals surface area (Å²) in [5.74, 6) is 0.522. The lowest BCUT2D eigenvalue weighted by Gasteiger charge is -2.16. The Hall–Kier alpha value is -2.34. The van der Waals surface area contributed by atoms with Crippen LogP contribution in [0.4, 0.5) is 11.4 Å². The van der Waals surface area contributed by atoms with Crippen molar-refractivity contribution < 1.29 is 14.3 Å². The second-order valence-corrected chi connectivity index (χ2v) is 6.85. The Kier molecular flexibility index (Phi) is 5.38. The van der Waals surface area contributed by atoms with Crippen LogP contribution in [0, 0.1) is 6.92 Å². The van der Waals surface area contributed by atoms with Crippen LogP contribution in [0.2, 0.25) is 0 Å². The summed E-state index contributed by atoms with van der Waals surface area (Å²) < 4.78 is 6.43. The quantitative estimate of drug-likeness (QED) is 0.824. The van der Waals surface area contributed by atoms with E-state index in [9.17, 15) is 9.59 Å². The van der Waals surface area contributed by atoms with Gasteiger partial charge in [0.2, 0.25) is 5.91 Å². The summed E-state index contributed by atoms with van der Waals surface area (Å²) in [4.78, 5) is 25.6. The molecular formula is C19H19BrN2O3. The molecule has 25 heavy (non-hydrogen) atoms. The van der Waals surface area contributed by atoms with Crippen LogP contribution in [0.3, 0.4) is 0 Å². The van der Waals surface area contributed by atoms with Crippen LogP contribution in [0.25, 0.3) is 0 Å². The molecule has 1 aliphatic heterocycles. The maximum atomic E-state index is 12.1. The van der Waals surface area contributed by atoms with Gasteiger partial charge in [0.1, 0.15) is 5.75 Å². The van der Waals surface area contributed by atoms with Crippen LogP contribution in [-0.2, 0) is 9.59 Å². The van der Waals surface area contributed by atoms with Crippen molar-refractivity contribution in [2.45, 2.75) is 19.8 Å². The molecule has 0 spiro atoms. The van der Waals surface area contributed by atoms with E-state index in [1.165, 1.54) is 0 Å². The van der Waals surface area contributed by atoms with Crippen LogP contribution in [0.5, 0.6) is 5.75 Å². The first-order valence-electron chi connectivity index (χ1n) is 8.12. The first kappa shape index (κ1) is 17.5. The number of rotatable bonds is 5. The van der Waals surface area contributed by atoms with Crippen LogP contribution in [-0.4, -0.2) is 25.0 Å². The molecule has 1 fully saturated rings. The van der Waals surface area contributed by atoms with Crippen molar-refractivity contribution >= 4 is 39.1 Å². The zero-order valence-electron chi connectivity index (χ0n) is 13.9. The fraction of sp³-hybridized carbons (Fsp3) is 0.263. The van der Waals surface area contributed by atoms with Crippen LogP contribution in [0.15, 0.2) is 46.9 Å². The number of carbonyl (C=O) groups excluding carboxylic acids is 2. The number of benzene rings is 2. The van der Waals surface area contributed by atoms with Gasteiger partial charge in [0.15, 0.2) is 6.61 Å². The highest BCUT2D eigenvalue weighted by Crippen LogP contribution is 2.24. The van der Waals surface area contributed by atoms with Gasteiger partial charge in [0.05, 0.1) is 0 Å². The van der Waals surface area contributed by atoms with Gasteiger partial charge >= 0.3 is 0 Å². The molecule has 1 N–H and O–H groups in total. The van der Waals surface area contributed by atoms with Crippen molar-refractivity contribution in [1.82, 2.24) is 0 Å². The van der Waals surface area contributed by atoms with Gasteiger partial charge in [0.25, 0.3) is 5.91 Å². The average Bonchev–Trinajstić information content (AvgIpc) is 3.03. The van der Waals surface area contributed by atoms with Gasteiger partial charge in [0, 0.05) is 28.8 Å². The van der Waals surface area contributed by atoms with E-state index in [2.05, 4.69) is 21.2 Å². The minimum Gasteiger partial charge on any atom is -0.484 e. The fourth-order valence-corrected chi connectivity index (χ4v) is 3.07. The minimum atomic E-state index is -0.222. The summed E-state index contributed by atoms with van der Waals surface area (Å²) >= 11 is 3.39. The predicted molar refractivity (Wildman–Crippen MR) is 101 cm³/mol. The molecule has 5 nitrogen and oxygen atoms in total. The van der Waals surface area contributed by atoms with E-state index < -0.39 is 0 Å². The summed E-state index contributed by atoms with van der Waals surface area (Å²) in [5, 5.41) is 2.84. The van der Waals surface area contributed by atoms with E-state index >= 15 is 0 Å².